The van der Waals surface area contributed by atoms with Crippen molar-refractivity contribution >= 4 is 16.5 Å². The van der Waals surface area contributed by atoms with E-state index in [1.165, 1.54) is 0 Å². The molecule has 1 rings (SSSR count). The molecule has 1 atom stereocenters. The normalized spacial score (nSPS) is 12.3. The van der Waals surface area contributed by atoms with E-state index in [4.69, 9.17) is 10.5 Å². The molecular formula is C13H21NO2S. The SMILES string of the molecule is CCCCCS(=O)CCOc1cccc(N)c1. The molecule has 17 heavy (non-hydrogen) atoms. The fourth-order valence-electron chi connectivity index (χ4n) is 1.47. The third kappa shape index (κ3) is 6.31. The van der Waals surface area contributed by atoms with Gasteiger partial charge in [-0.3, -0.25) is 4.21 Å². The largest absolute Gasteiger partial charge is 0.493 e. The Kier molecular flexibility index (Phi) is 6.70. The first-order valence-electron chi connectivity index (χ1n) is 6.05. The zero-order chi connectivity index (χ0) is 12.5. The fraction of sp³-hybridized carbons (Fsp3) is 0.538. The maximum Gasteiger partial charge on any atom is 0.121 e. The van der Waals surface area contributed by atoms with Crippen LogP contribution in [0.2, 0.25) is 0 Å². The molecule has 0 saturated carbocycles. The summed E-state index contributed by atoms with van der Waals surface area (Å²) in [6.07, 6.45) is 3.36. The van der Waals surface area contributed by atoms with Gasteiger partial charge in [-0.05, 0) is 18.6 Å². The highest BCUT2D eigenvalue weighted by Crippen LogP contribution is 2.14. The number of unbranched alkanes of at least 4 members (excludes halogenated alkanes) is 2. The summed E-state index contributed by atoms with van der Waals surface area (Å²) in [5.74, 6) is 2.13. The third-order valence-electron chi connectivity index (χ3n) is 2.41. The number of hydrogen-bond donors (Lipinski definition) is 1. The fourth-order valence-corrected chi connectivity index (χ4v) is 2.47. The van der Waals surface area contributed by atoms with Crippen LogP contribution in [0.25, 0.3) is 0 Å². The van der Waals surface area contributed by atoms with E-state index in [-0.39, 0.29) is 0 Å². The van der Waals surface area contributed by atoms with Gasteiger partial charge in [-0.2, -0.15) is 0 Å². The molecule has 3 nitrogen and oxygen atoms in total. The first-order chi connectivity index (χ1) is 8.22. The van der Waals surface area contributed by atoms with Crippen molar-refractivity contribution in [2.45, 2.75) is 26.2 Å². The summed E-state index contributed by atoms with van der Waals surface area (Å²) in [7, 11) is -0.757. The Morgan fingerprint density at radius 3 is 2.82 bits per heavy atom. The van der Waals surface area contributed by atoms with E-state index in [1.54, 1.807) is 6.07 Å². The van der Waals surface area contributed by atoms with Crippen molar-refractivity contribution in [3.05, 3.63) is 24.3 Å². The van der Waals surface area contributed by atoms with Crippen LogP contribution in [0.3, 0.4) is 0 Å². The summed E-state index contributed by atoms with van der Waals surface area (Å²) in [6.45, 7) is 2.63. The molecular weight excluding hydrogens is 234 g/mol. The molecule has 0 fully saturated rings. The second kappa shape index (κ2) is 8.12. The van der Waals surface area contributed by atoms with Gasteiger partial charge in [-0.15, -0.1) is 0 Å². The second-order valence-electron chi connectivity index (χ2n) is 3.98. The minimum atomic E-state index is -0.757. The van der Waals surface area contributed by atoms with E-state index in [2.05, 4.69) is 6.92 Å². The molecule has 0 heterocycles. The molecule has 2 N–H and O–H groups in total. The number of anilines is 1. The second-order valence-corrected chi connectivity index (χ2v) is 5.67. The third-order valence-corrected chi connectivity index (χ3v) is 3.78. The van der Waals surface area contributed by atoms with Crippen LogP contribution in [-0.2, 0) is 10.8 Å². The van der Waals surface area contributed by atoms with Crippen LogP contribution in [0.15, 0.2) is 24.3 Å². The van der Waals surface area contributed by atoms with Crippen LogP contribution in [-0.4, -0.2) is 22.3 Å². The van der Waals surface area contributed by atoms with Gasteiger partial charge in [-0.25, -0.2) is 0 Å². The quantitative estimate of drug-likeness (QED) is 0.574. The van der Waals surface area contributed by atoms with Crippen molar-refractivity contribution in [3.63, 3.8) is 0 Å². The molecule has 0 saturated heterocycles. The van der Waals surface area contributed by atoms with Crippen molar-refractivity contribution in [2.24, 2.45) is 0 Å². The molecule has 1 aromatic rings. The molecule has 0 aliphatic carbocycles. The summed E-state index contributed by atoms with van der Waals surface area (Å²) < 4.78 is 17.1. The molecule has 0 aromatic heterocycles. The average molecular weight is 255 g/mol. The van der Waals surface area contributed by atoms with Crippen molar-refractivity contribution in [1.29, 1.82) is 0 Å². The van der Waals surface area contributed by atoms with Crippen molar-refractivity contribution < 1.29 is 8.95 Å². The highest BCUT2D eigenvalue weighted by atomic mass is 32.2. The Morgan fingerprint density at radius 1 is 1.29 bits per heavy atom. The van der Waals surface area contributed by atoms with Gasteiger partial charge in [0.2, 0.25) is 0 Å². The van der Waals surface area contributed by atoms with Gasteiger partial charge in [0.1, 0.15) is 5.75 Å². The highest BCUT2D eigenvalue weighted by molar-refractivity contribution is 7.84. The molecule has 0 aliphatic rings. The van der Waals surface area contributed by atoms with Gasteiger partial charge in [0, 0.05) is 28.3 Å². The Morgan fingerprint density at radius 2 is 2.12 bits per heavy atom. The number of nitrogens with two attached hydrogens (primary N) is 1. The average Bonchev–Trinajstić information content (AvgIpc) is 2.29. The monoisotopic (exact) mass is 255 g/mol. The number of hydrogen-bond acceptors (Lipinski definition) is 3. The maximum absolute atomic E-state index is 11.6. The molecule has 1 aromatic carbocycles. The van der Waals surface area contributed by atoms with Gasteiger partial charge in [0.25, 0.3) is 0 Å². The Bertz CT molecular complexity index is 355. The topological polar surface area (TPSA) is 52.3 Å². The molecule has 96 valence electrons. The summed E-state index contributed by atoms with van der Waals surface area (Å²) in [4.78, 5) is 0. The van der Waals surface area contributed by atoms with Gasteiger partial charge in [-0.1, -0.05) is 25.8 Å². The lowest BCUT2D eigenvalue weighted by Gasteiger charge is -2.06. The summed E-state index contributed by atoms with van der Waals surface area (Å²) in [5.41, 5.74) is 6.32. The predicted octanol–water partition coefficient (Wildman–Crippen LogP) is 2.59. The van der Waals surface area contributed by atoms with E-state index < -0.39 is 10.8 Å². The molecule has 0 aliphatic heterocycles. The Hall–Kier alpha value is -1.03. The number of benzene rings is 1. The molecule has 4 heteroatoms. The highest BCUT2D eigenvalue weighted by Gasteiger charge is 2.00. The minimum absolute atomic E-state index is 0.488. The van der Waals surface area contributed by atoms with Gasteiger partial charge in [0.15, 0.2) is 0 Å². The molecule has 1 unspecified atom stereocenters. The van der Waals surface area contributed by atoms with Gasteiger partial charge in [0.05, 0.1) is 12.4 Å². The lowest BCUT2D eigenvalue weighted by molar-refractivity contribution is 0.343. The summed E-state index contributed by atoms with van der Waals surface area (Å²) >= 11 is 0. The Balaban J connectivity index is 2.17. The standard InChI is InChI=1S/C13H21NO2S/c1-2-3-4-9-17(15)10-8-16-13-7-5-6-12(14)11-13/h5-7,11H,2-4,8-10,14H2,1H3. The minimum Gasteiger partial charge on any atom is -0.493 e. The molecule has 0 spiro atoms. The molecule has 0 bridgehead atoms. The van der Waals surface area contributed by atoms with Crippen molar-refractivity contribution in [2.75, 3.05) is 23.8 Å². The first-order valence-corrected chi connectivity index (χ1v) is 7.54. The van der Waals surface area contributed by atoms with E-state index in [0.29, 0.717) is 18.0 Å². The van der Waals surface area contributed by atoms with Crippen LogP contribution in [0.4, 0.5) is 5.69 Å². The van der Waals surface area contributed by atoms with Crippen LogP contribution in [0.1, 0.15) is 26.2 Å². The number of rotatable bonds is 8. The van der Waals surface area contributed by atoms with E-state index in [0.717, 1.165) is 30.8 Å². The van der Waals surface area contributed by atoms with Gasteiger partial charge >= 0.3 is 0 Å². The lowest BCUT2D eigenvalue weighted by Crippen LogP contribution is -2.11. The van der Waals surface area contributed by atoms with Crippen LogP contribution >= 0.6 is 0 Å². The first kappa shape index (κ1) is 14.0. The van der Waals surface area contributed by atoms with E-state index in [9.17, 15) is 4.21 Å². The molecule has 0 amide bonds. The van der Waals surface area contributed by atoms with Crippen molar-refractivity contribution in [1.82, 2.24) is 0 Å². The number of nitrogen functional groups attached to an aromatic ring is 1. The van der Waals surface area contributed by atoms with Crippen LogP contribution in [0, 0.1) is 0 Å². The molecule has 0 radical (unpaired) electrons. The summed E-state index contributed by atoms with van der Waals surface area (Å²) in [5, 5.41) is 0. The lowest BCUT2D eigenvalue weighted by atomic mass is 10.3. The zero-order valence-corrected chi connectivity index (χ0v) is 11.2. The van der Waals surface area contributed by atoms with Crippen molar-refractivity contribution in [3.8, 4) is 5.75 Å². The smallest absolute Gasteiger partial charge is 0.121 e. The Labute approximate surface area is 106 Å². The van der Waals surface area contributed by atoms with Crippen LogP contribution in [0.5, 0.6) is 5.75 Å². The van der Waals surface area contributed by atoms with Crippen LogP contribution < -0.4 is 10.5 Å². The van der Waals surface area contributed by atoms with E-state index in [1.807, 2.05) is 18.2 Å². The van der Waals surface area contributed by atoms with Gasteiger partial charge < -0.3 is 10.5 Å². The number of ether oxygens (including phenoxy) is 1. The predicted molar refractivity (Wildman–Crippen MR) is 73.8 cm³/mol. The zero-order valence-electron chi connectivity index (χ0n) is 10.4. The maximum atomic E-state index is 11.6. The summed E-state index contributed by atoms with van der Waals surface area (Å²) in [6, 6.07) is 7.30. The van der Waals surface area contributed by atoms with E-state index >= 15 is 0 Å².